The van der Waals surface area contributed by atoms with Crippen LogP contribution in [0.15, 0.2) is 77.5 Å². The molecular formula is C31H29N3O. The van der Waals surface area contributed by atoms with Gasteiger partial charge in [0.1, 0.15) is 17.0 Å². The average Bonchev–Trinajstić information content (AvgIpc) is 3.41. The molecule has 0 aliphatic rings. The minimum atomic E-state index is 0.357. The van der Waals surface area contributed by atoms with Crippen molar-refractivity contribution < 1.29 is 4.42 Å². The normalized spacial score (nSPS) is 12.1. The molecule has 174 valence electrons. The zero-order valence-electron chi connectivity index (χ0n) is 20.8. The molecule has 3 aromatic heterocycles. The summed E-state index contributed by atoms with van der Waals surface area (Å²) in [4.78, 5) is 9.64. The van der Waals surface area contributed by atoms with E-state index in [1.807, 2.05) is 18.5 Å². The summed E-state index contributed by atoms with van der Waals surface area (Å²) in [6.45, 7) is 11.1. The first-order valence-electron chi connectivity index (χ1n) is 12.3. The third kappa shape index (κ3) is 3.35. The number of fused-ring (bicyclic) bond motifs is 4. The average molecular weight is 460 g/mol. The van der Waals surface area contributed by atoms with Gasteiger partial charge in [-0.25, -0.2) is 4.98 Å². The second-order valence-electron chi connectivity index (χ2n) is 10.0. The van der Waals surface area contributed by atoms with Gasteiger partial charge in [-0.2, -0.15) is 0 Å². The Kier molecular flexibility index (Phi) is 4.99. The molecule has 0 amide bonds. The highest BCUT2D eigenvalue weighted by Crippen LogP contribution is 2.40. The van der Waals surface area contributed by atoms with Gasteiger partial charge in [0.15, 0.2) is 0 Å². The molecule has 0 saturated carbocycles. The van der Waals surface area contributed by atoms with Gasteiger partial charge in [0, 0.05) is 17.0 Å². The number of furan rings is 1. The fraction of sp³-hybridized carbons (Fsp3) is 0.226. The molecule has 3 aromatic carbocycles. The predicted octanol–water partition coefficient (Wildman–Crippen LogP) is 8.54. The maximum Gasteiger partial charge on any atom is 0.149 e. The fourth-order valence-corrected chi connectivity index (χ4v) is 5.19. The molecule has 0 aliphatic heterocycles. The quantitative estimate of drug-likeness (QED) is 0.265. The van der Waals surface area contributed by atoms with Crippen LogP contribution in [-0.4, -0.2) is 14.5 Å². The Labute approximate surface area is 205 Å². The molecule has 0 saturated heterocycles. The van der Waals surface area contributed by atoms with E-state index in [1.165, 1.54) is 22.4 Å². The predicted molar refractivity (Wildman–Crippen MR) is 144 cm³/mol. The van der Waals surface area contributed by atoms with Gasteiger partial charge in [-0.3, -0.25) is 9.55 Å². The Morgan fingerprint density at radius 1 is 0.829 bits per heavy atom. The fourth-order valence-electron chi connectivity index (χ4n) is 5.19. The van der Waals surface area contributed by atoms with Crippen LogP contribution in [0.5, 0.6) is 0 Å². The van der Waals surface area contributed by atoms with E-state index in [1.54, 1.807) is 0 Å². The summed E-state index contributed by atoms with van der Waals surface area (Å²) in [7, 11) is 0. The van der Waals surface area contributed by atoms with E-state index in [2.05, 4.69) is 98.8 Å². The molecule has 3 heterocycles. The lowest BCUT2D eigenvalue weighted by atomic mass is 9.92. The second-order valence-corrected chi connectivity index (χ2v) is 10.0. The lowest BCUT2D eigenvalue weighted by Crippen LogP contribution is -2.08. The Bertz CT molecular complexity index is 1690. The van der Waals surface area contributed by atoms with Crippen LogP contribution in [0.4, 0.5) is 0 Å². The summed E-state index contributed by atoms with van der Waals surface area (Å²) in [5, 5.41) is 2.25. The van der Waals surface area contributed by atoms with Gasteiger partial charge in [0.2, 0.25) is 0 Å². The minimum absolute atomic E-state index is 0.357. The lowest BCUT2D eigenvalue weighted by Gasteiger charge is -2.22. The highest BCUT2D eigenvalue weighted by molar-refractivity contribution is 6.09. The van der Waals surface area contributed by atoms with Gasteiger partial charge in [-0.15, -0.1) is 0 Å². The Hall–Kier alpha value is -3.92. The Morgan fingerprint density at radius 2 is 1.57 bits per heavy atom. The van der Waals surface area contributed by atoms with Crippen molar-refractivity contribution >= 4 is 33.0 Å². The summed E-state index contributed by atoms with van der Waals surface area (Å²) in [5.74, 6) is 1.59. The number of imidazole rings is 1. The first kappa shape index (κ1) is 21.6. The number of aromatic nitrogens is 3. The molecule has 6 aromatic rings. The van der Waals surface area contributed by atoms with E-state index in [0.29, 0.717) is 11.8 Å². The zero-order chi connectivity index (χ0) is 24.3. The topological polar surface area (TPSA) is 43.9 Å². The zero-order valence-corrected chi connectivity index (χ0v) is 20.8. The van der Waals surface area contributed by atoms with Crippen LogP contribution in [0.1, 0.15) is 56.2 Å². The highest BCUT2D eigenvalue weighted by Gasteiger charge is 2.24. The first-order chi connectivity index (χ1) is 16.9. The second kappa shape index (κ2) is 8.09. The third-order valence-electron chi connectivity index (χ3n) is 6.92. The number of hydrogen-bond donors (Lipinski definition) is 0. The summed E-state index contributed by atoms with van der Waals surface area (Å²) >= 11 is 0. The number of para-hydroxylation sites is 2. The molecule has 6 rings (SSSR count). The molecule has 0 radical (unpaired) electrons. The van der Waals surface area contributed by atoms with E-state index >= 15 is 0 Å². The highest BCUT2D eigenvalue weighted by atomic mass is 16.3. The largest absolute Gasteiger partial charge is 0.455 e. The van der Waals surface area contributed by atoms with Crippen LogP contribution in [-0.2, 0) is 0 Å². The number of aryl methyl sites for hydroxylation is 1. The van der Waals surface area contributed by atoms with Gasteiger partial charge in [0.05, 0.1) is 28.5 Å². The molecule has 0 N–H and O–H groups in total. The van der Waals surface area contributed by atoms with Crippen LogP contribution in [0, 0.1) is 6.92 Å². The summed E-state index contributed by atoms with van der Waals surface area (Å²) < 4.78 is 8.77. The maximum atomic E-state index is 6.47. The maximum absolute atomic E-state index is 6.47. The van der Waals surface area contributed by atoms with Crippen LogP contribution in [0.3, 0.4) is 0 Å². The van der Waals surface area contributed by atoms with Gasteiger partial charge < -0.3 is 4.42 Å². The van der Waals surface area contributed by atoms with Crippen molar-refractivity contribution in [1.82, 2.24) is 14.5 Å². The van der Waals surface area contributed by atoms with Crippen LogP contribution >= 0.6 is 0 Å². The Morgan fingerprint density at radius 3 is 2.31 bits per heavy atom. The van der Waals surface area contributed by atoms with Gasteiger partial charge in [-0.1, -0.05) is 69.7 Å². The summed E-state index contributed by atoms with van der Waals surface area (Å²) in [6, 6.07) is 21.4. The van der Waals surface area contributed by atoms with Gasteiger partial charge in [0.25, 0.3) is 0 Å². The van der Waals surface area contributed by atoms with Crippen molar-refractivity contribution in [3.8, 4) is 17.1 Å². The standard InChI is InChI=1S/C31H29N3O/c1-18(2)21-8-6-9-22(19(3)4)29(21)34-27-17-32-15-14-26(27)33-31(34)24-11-7-10-23-25-16-20(5)12-13-28(25)35-30(23)24/h6-19H,1-5H3. The van der Waals surface area contributed by atoms with Crippen molar-refractivity contribution in [2.24, 2.45) is 0 Å². The lowest BCUT2D eigenvalue weighted by molar-refractivity contribution is 0.669. The number of pyridine rings is 1. The molecule has 0 atom stereocenters. The minimum Gasteiger partial charge on any atom is -0.455 e. The van der Waals surface area contributed by atoms with E-state index in [4.69, 9.17) is 9.40 Å². The summed E-state index contributed by atoms with van der Waals surface area (Å²) in [6.07, 6.45) is 3.74. The number of nitrogens with zero attached hydrogens (tertiary/aromatic N) is 3. The molecule has 0 spiro atoms. The van der Waals surface area contributed by atoms with E-state index in [-0.39, 0.29) is 0 Å². The Balaban J connectivity index is 1.76. The van der Waals surface area contributed by atoms with Crippen LogP contribution in [0.25, 0.3) is 50.0 Å². The molecule has 4 heteroatoms. The number of rotatable bonds is 4. The van der Waals surface area contributed by atoms with Crippen molar-refractivity contribution in [2.45, 2.75) is 46.5 Å². The number of hydrogen-bond acceptors (Lipinski definition) is 3. The van der Waals surface area contributed by atoms with Gasteiger partial charge in [-0.05, 0) is 54.2 Å². The van der Waals surface area contributed by atoms with Crippen molar-refractivity contribution in [3.63, 3.8) is 0 Å². The van der Waals surface area contributed by atoms with E-state index < -0.39 is 0 Å². The van der Waals surface area contributed by atoms with Crippen molar-refractivity contribution in [2.75, 3.05) is 0 Å². The summed E-state index contributed by atoms with van der Waals surface area (Å²) in [5.41, 5.74) is 9.69. The SMILES string of the molecule is Cc1ccc2oc3c(-c4nc5ccncc5n4-c4c(C(C)C)cccc4C(C)C)cccc3c2c1. The molecule has 0 unspecified atom stereocenters. The third-order valence-corrected chi connectivity index (χ3v) is 6.92. The number of benzene rings is 3. The van der Waals surface area contributed by atoms with E-state index in [0.717, 1.165) is 44.4 Å². The molecule has 4 nitrogen and oxygen atoms in total. The smallest absolute Gasteiger partial charge is 0.149 e. The molecule has 0 fully saturated rings. The molecule has 0 aliphatic carbocycles. The van der Waals surface area contributed by atoms with E-state index in [9.17, 15) is 0 Å². The van der Waals surface area contributed by atoms with Crippen molar-refractivity contribution in [1.29, 1.82) is 0 Å². The first-order valence-corrected chi connectivity index (χ1v) is 12.3. The molecular weight excluding hydrogens is 430 g/mol. The van der Waals surface area contributed by atoms with Gasteiger partial charge >= 0.3 is 0 Å². The van der Waals surface area contributed by atoms with Crippen LogP contribution in [0.2, 0.25) is 0 Å². The molecule has 35 heavy (non-hydrogen) atoms. The molecule has 0 bridgehead atoms. The monoisotopic (exact) mass is 459 g/mol. The van der Waals surface area contributed by atoms with Crippen LogP contribution < -0.4 is 0 Å². The van der Waals surface area contributed by atoms with Crippen molar-refractivity contribution in [3.05, 3.63) is 89.7 Å².